The summed E-state index contributed by atoms with van der Waals surface area (Å²) in [5.74, 6) is 0. The van der Waals surface area contributed by atoms with Gasteiger partial charge in [0.1, 0.15) is 0 Å². The molecule has 2 aliphatic rings. The van der Waals surface area contributed by atoms with E-state index < -0.39 is 0 Å². The normalized spacial score (nSPS) is 28.9. The lowest BCUT2D eigenvalue weighted by Crippen LogP contribution is -2.38. The van der Waals surface area contributed by atoms with Crippen LogP contribution < -0.4 is 0 Å². The van der Waals surface area contributed by atoms with E-state index in [1.165, 1.54) is 17.5 Å². The SMILES string of the molecule is c1ccc(CN2C[C@@H]3C[C@H]2[C@@H](c2ccccc2)O3)cc1. The molecule has 0 spiro atoms. The van der Waals surface area contributed by atoms with Crippen LogP contribution in [0.15, 0.2) is 60.7 Å². The predicted octanol–water partition coefficient (Wildman–Crippen LogP) is 3.40. The Hall–Kier alpha value is -1.64. The number of fused-ring (bicyclic) bond motifs is 2. The Morgan fingerprint density at radius 3 is 2.35 bits per heavy atom. The van der Waals surface area contributed by atoms with Crippen LogP contribution in [0.2, 0.25) is 0 Å². The smallest absolute Gasteiger partial charge is 0.0985 e. The van der Waals surface area contributed by atoms with Gasteiger partial charge in [-0.1, -0.05) is 60.7 Å². The Morgan fingerprint density at radius 2 is 1.65 bits per heavy atom. The fraction of sp³-hybridized carbons (Fsp3) is 0.333. The summed E-state index contributed by atoms with van der Waals surface area (Å²) in [5, 5.41) is 0. The molecule has 2 saturated heterocycles. The third-order valence-corrected chi connectivity index (χ3v) is 4.46. The number of likely N-dealkylation sites (tertiary alicyclic amines) is 1. The highest BCUT2D eigenvalue weighted by Gasteiger charge is 2.46. The highest BCUT2D eigenvalue weighted by molar-refractivity contribution is 5.23. The van der Waals surface area contributed by atoms with Crippen molar-refractivity contribution >= 4 is 0 Å². The van der Waals surface area contributed by atoms with Gasteiger partial charge in [-0.25, -0.2) is 0 Å². The van der Waals surface area contributed by atoms with Gasteiger partial charge in [-0.05, 0) is 17.5 Å². The van der Waals surface area contributed by atoms with Gasteiger partial charge < -0.3 is 4.74 Å². The Labute approximate surface area is 120 Å². The molecule has 20 heavy (non-hydrogen) atoms. The third-order valence-electron chi connectivity index (χ3n) is 4.46. The molecule has 2 aromatic carbocycles. The zero-order valence-corrected chi connectivity index (χ0v) is 11.5. The maximum absolute atomic E-state index is 6.17. The third kappa shape index (κ3) is 2.15. The zero-order valence-electron chi connectivity index (χ0n) is 11.5. The lowest BCUT2D eigenvalue weighted by molar-refractivity contribution is -0.0381. The molecule has 4 rings (SSSR count). The molecule has 2 fully saturated rings. The standard InChI is InChI=1S/C18H19NO/c1-3-7-14(8-4-1)12-19-13-16-11-17(19)18(20-16)15-9-5-2-6-10-15/h1-10,16-18H,11-13H2/t16-,17-,18+/m0/s1. The molecule has 0 unspecified atom stereocenters. The van der Waals surface area contributed by atoms with Crippen molar-refractivity contribution in [2.75, 3.05) is 6.54 Å². The molecule has 2 heterocycles. The fourth-order valence-corrected chi connectivity index (χ4v) is 3.54. The summed E-state index contributed by atoms with van der Waals surface area (Å²) in [6.07, 6.45) is 1.83. The van der Waals surface area contributed by atoms with Crippen molar-refractivity contribution in [2.24, 2.45) is 0 Å². The van der Waals surface area contributed by atoms with E-state index in [2.05, 4.69) is 65.6 Å². The Morgan fingerprint density at radius 1 is 0.950 bits per heavy atom. The molecule has 2 nitrogen and oxygen atoms in total. The number of hydrogen-bond acceptors (Lipinski definition) is 2. The molecule has 2 bridgehead atoms. The van der Waals surface area contributed by atoms with Crippen LogP contribution in [0.1, 0.15) is 23.7 Å². The fourth-order valence-electron chi connectivity index (χ4n) is 3.54. The number of rotatable bonds is 3. The van der Waals surface area contributed by atoms with E-state index in [0.717, 1.165) is 13.1 Å². The van der Waals surface area contributed by atoms with Crippen LogP contribution >= 0.6 is 0 Å². The quantitative estimate of drug-likeness (QED) is 0.843. The second-order valence-electron chi connectivity index (χ2n) is 5.81. The molecule has 2 aromatic rings. The Bertz CT molecular complexity index is 566. The van der Waals surface area contributed by atoms with Gasteiger partial charge in [0.25, 0.3) is 0 Å². The maximum Gasteiger partial charge on any atom is 0.0985 e. The lowest BCUT2D eigenvalue weighted by Gasteiger charge is -2.33. The number of nitrogens with zero attached hydrogens (tertiary/aromatic N) is 1. The van der Waals surface area contributed by atoms with Crippen LogP contribution in [0.25, 0.3) is 0 Å². The largest absolute Gasteiger partial charge is 0.367 e. The Kier molecular flexibility index (Phi) is 3.06. The first-order chi connectivity index (χ1) is 9.90. The second kappa shape index (κ2) is 5.04. The van der Waals surface area contributed by atoms with Crippen molar-refractivity contribution in [3.05, 3.63) is 71.8 Å². The number of morpholine rings is 1. The molecular weight excluding hydrogens is 246 g/mol. The first-order valence-electron chi connectivity index (χ1n) is 7.38. The molecule has 0 aliphatic carbocycles. The monoisotopic (exact) mass is 265 g/mol. The van der Waals surface area contributed by atoms with E-state index in [1.807, 2.05) is 0 Å². The van der Waals surface area contributed by atoms with E-state index in [-0.39, 0.29) is 6.10 Å². The molecular formula is C18H19NO. The summed E-state index contributed by atoms with van der Waals surface area (Å²) in [7, 11) is 0. The van der Waals surface area contributed by atoms with Gasteiger partial charge >= 0.3 is 0 Å². The Balaban J connectivity index is 1.53. The van der Waals surface area contributed by atoms with Gasteiger partial charge in [-0.2, -0.15) is 0 Å². The first kappa shape index (κ1) is 12.1. The van der Waals surface area contributed by atoms with E-state index in [9.17, 15) is 0 Å². The molecule has 0 saturated carbocycles. The van der Waals surface area contributed by atoms with Crippen molar-refractivity contribution in [2.45, 2.75) is 31.2 Å². The topological polar surface area (TPSA) is 12.5 Å². The van der Waals surface area contributed by atoms with E-state index in [4.69, 9.17) is 4.74 Å². The van der Waals surface area contributed by atoms with Crippen molar-refractivity contribution in [3.63, 3.8) is 0 Å². The molecule has 0 aromatic heterocycles. The minimum atomic E-state index is 0.249. The van der Waals surface area contributed by atoms with E-state index >= 15 is 0 Å². The molecule has 102 valence electrons. The predicted molar refractivity (Wildman–Crippen MR) is 79.3 cm³/mol. The maximum atomic E-state index is 6.17. The van der Waals surface area contributed by atoms with Gasteiger partial charge in [-0.15, -0.1) is 0 Å². The summed E-state index contributed by atoms with van der Waals surface area (Å²) < 4.78 is 6.17. The van der Waals surface area contributed by atoms with Gasteiger partial charge in [-0.3, -0.25) is 4.90 Å². The van der Waals surface area contributed by atoms with Crippen LogP contribution in [0.4, 0.5) is 0 Å². The van der Waals surface area contributed by atoms with Crippen LogP contribution in [-0.2, 0) is 11.3 Å². The molecule has 0 N–H and O–H groups in total. The average molecular weight is 265 g/mol. The van der Waals surface area contributed by atoms with Crippen molar-refractivity contribution < 1.29 is 4.74 Å². The molecule has 2 heteroatoms. The van der Waals surface area contributed by atoms with Gasteiger partial charge in [0.2, 0.25) is 0 Å². The zero-order chi connectivity index (χ0) is 13.4. The number of ether oxygens (including phenoxy) is 1. The molecule has 2 aliphatic heterocycles. The first-order valence-corrected chi connectivity index (χ1v) is 7.38. The van der Waals surface area contributed by atoms with Gasteiger partial charge in [0.15, 0.2) is 0 Å². The van der Waals surface area contributed by atoms with Crippen LogP contribution in [0.5, 0.6) is 0 Å². The van der Waals surface area contributed by atoms with Gasteiger partial charge in [0, 0.05) is 19.1 Å². The van der Waals surface area contributed by atoms with Crippen molar-refractivity contribution in [1.29, 1.82) is 0 Å². The number of hydrogen-bond donors (Lipinski definition) is 0. The molecule has 3 atom stereocenters. The lowest BCUT2D eigenvalue weighted by atomic mass is 10.0. The summed E-state index contributed by atoms with van der Waals surface area (Å²) in [4.78, 5) is 2.58. The second-order valence-corrected chi connectivity index (χ2v) is 5.81. The van der Waals surface area contributed by atoms with Crippen LogP contribution in [0.3, 0.4) is 0 Å². The molecule has 0 amide bonds. The number of benzene rings is 2. The summed E-state index contributed by atoms with van der Waals surface area (Å²) in [6, 6.07) is 21.9. The van der Waals surface area contributed by atoms with E-state index in [0.29, 0.717) is 12.1 Å². The van der Waals surface area contributed by atoms with Gasteiger partial charge in [0.05, 0.1) is 12.2 Å². The van der Waals surface area contributed by atoms with E-state index in [1.54, 1.807) is 0 Å². The summed E-state index contributed by atoms with van der Waals surface area (Å²) >= 11 is 0. The summed E-state index contributed by atoms with van der Waals surface area (Å²) in [6.45, 7) is 2.11. The highest BCUT2D eigenvalue weighted by Crippen LogP contribution is 2.42. The minimum absolute atomic E-state index is 0.249. The van der Waals surface area contributed by atoms with Crippen molar-refractivity contribution in [3.8, 4) is 0 Å². The minimum Gasteiger partial charge on any atom is -0.367 e. The molecule has 0 radical (unpaired) electrons. The van der Waals surface area contributed by atoms with Crippen molar-refractivity contribution in [1.82, 2.24) is 4.90 Å². The average Bonchev–Trinajstić information content (AvgIpc) is 3.09. The van der Waals surface area contributed by atoms with Crippen LogP contribution in [-0.4, -0.2) is 23.6 Å². The highest BCUT2D eigenvalue weighted by atomic mass is 16.5. The summed E-state index contributed by atoms with van der Waals surface area (Å²) in [5.41, 5.74) is 2.71. The van der Waals surface area contributed by atoms with Crippen LogP contribution in [0, 0.1) is 0 Å².